The van der Waals surface area contributed by atoms with Gasteiger partial charge >= 0.3 is 0 Å². The summed E-state index contributed by atoms with van der Waals surface area (Å²) in [4.78, 5) is 2.46. The van der Waals surface area contributed by atoms with Crippen molar-refractivity contribution < 1.29 is 0 Å². The van der Waals surface area contributed by atoms with E-state index in [1.165, 1.54) is 38.9 Å². The third-order valence-corrected chi connectivity index (χ3v) is 5.88. The highest BCUT2D eigenvalue weighted by molar-refractivity contribution is 5.12. The number of nitrogens with zero attached hydrogens (tertiary/aromatic N) is 1. The molecule has 2 rings (SSSR count). The van der Waals surface area contributed by atoms with E-state index in [0.717, 1.165) is 12.0 Å². The van der Waals surface area contributed by atoms with Gasteiger partial charge in [0.1, 0.15) is 0 Å². The third kappa shape index (κ3) is 2.53. The van der Waals surface area contributed by atoms with E-state index in [1.54, 1.807) is 0 Å². The van der Waals surface area contributed by atoms with Gasteiger partial charge in [-0.25, -0.2) is 0 Å². The van der Waals surface area contributed by atoms with Crippen LogP contribution in [0.4, 0.5) is 0 Å². The molecular formula is C15H30N2. The molecule has 1 aliphatic carbocycles. The van der Waals surface area contributed by atoms with Gasteiger partial charge in [-0.2, -0.15) is 0 Å². The van der Waals surface area contributed by atoms with Gasteiger partial charge in [0, 0.05) is 6.04 Å². The van der Waals surface area contributed by atoms with Crippen LogP contribution in [0.1, 0.15) is 47.0 Å². The number of rotatable bonds is 3. The highest BCUT2D eigenvalue weighted by atomic mass is 15.1. The van der Waals surface area contributed by atoms with Crippen molar-refractivity contribution in [3.05, 3.63) is 0 Å². The fourth-order valence-corrected chi connectivity index (χ4v) is 3.57. The van der Waals surface area contributed by atoms with Gasteiger partial charge in [-0.05, 0) is 62.7 Å². The standard InChI is InChI=1S/C15H30N2/c1-14(2)13(15(14,3)4)11-16-12-7-6-9-17(5)10-8-12/h12-13,16H,6-11H2,1-5H3. The molecule has 0 aromatic carbocycles. The van der Waals surface area contributed by atoms with Gasteiger partial charge in [-0.3, -0.25) is 0 Å². The van der Waals surface area contributed by atoms with Crippen LogP contribution in [0.25, 0.3) is 0 Å². The summed E-state index contributed by atoms with van der Waals surface area (Å²) >= 11 is 0. The van der Waals surface area contributed by atoms with Gasteiger partial charge in [0.2, 0.25) is 0 Å². The molecule has 2 nitrogen and oxygen atoms in total. The van der Waals surface area contributed by atoms with Crippen LogP contribution < -0.4 is 5.32 Å². The summed E-state index contributed by atoms with van der Waals surface area (Å²) in [7, 11) is 2.25. The first-order chi connectivity index (χ1) is 7.85. The van der Waals surface area contributed by atoms with Gasteiger partial charge in [-0.15, -0.1) is 0 Å². The molecule has 1 N–H and O–H groups in total. The normalized spacial score (nSPS) is 33.4. The van der Waals surface area contributed by atoms with E-state index in [9.17, 15) is 0 Å². The Bertz CT molecular complexity index is 256. The van der Waals surface area contributed by atoms with E-state index in [1.807, 2.05) is 0 Å². The molecule has 0 spiro atoms. The molecule has 1 saturated carbocycles. The van der Waals surface area contributed by atoms with Crippen LogP contribution in [0.15, 0.2) is 0 Å². The second kappa shape index (κ2) is 4.55. The molecule has 2 aliphatic rings. The van der Waals surface area contributed by atoms with Crippen LogP contribution in [0.2, 0.25) is 0 Å². The second-order valence-corrected chi connectivity index (χ2v) is 7.34. The molecule has 1 heterocycles. The maximum Gasteiger partial charge on any atom is 0.00798 e. The summed E-state index contributed by atoms with van der Waals surface area (Å²) in [5.41, 5.74) is 1.06. The molecule has 0 bridgehead atoms. The van der Waals surface area contributed by atoms with Crippen LogP contribution >= 0.6 is 0 Å². The van der Waals surface area contributed by atoms with E-state index >= 15 is 0 Å². The molecule has 0 radical (unpaired) electrons. The molecule has 0 amide bonds. The third-order valence-electron chi connectivity index (χ3n) is 5.88. The largest absolute Gasteiger partial charge is 0.314 e. The summed E-state index contributed by atoms with van der Waals surface area (Å²) in [5, 5.41) is 3.83. The fraction of sp³-hybridized carbons (Fsp3) is 1.00. The Hall–Kier alpha value is -0.0800. The molecule has 2 heteroatoms. The molecule has 1 saturated heterocycles. The van der Waals surface area contributed by atoms with Gasteiger partial charge in [-0.1, -0.05) is 27.7 Å². The van der Waals surface area contributed by atoms with E-state index in [4.69, 9.17) is 0 Å². The average Bonchev–Trinajstić information content (AvgIpc) is 2.72. The first-order valence-electron chi connectivity index (χ1n) is 7.27. The minimum atomic E-state index is 0.529. The van der Waals surface area contributed by atoms with Crippen molar-refractivity contribution in [3.63, 3.8) is 0 Å². The maximum atomic E-state index is 3.83. The molecule has 17 heavy (non-hydrogen) atoms. The Balaban J connectivity index is 1.76. The minimum Gasteiger partial charge on any atom is -0.314 e. The first kappa shape index (κ1) is 13.4. The Kier molecular flexibility index (Phi) is 3.57. The lowest BCUT2D eigenvalue weighted by Crippen LogP contribution is -2.32. The lowest BCUT2D eigenvalue weighted by Gasteiger charge is -2.17. The zero-order valence-corrected chi connectivity index (χ0v) is 12.3. The van der Waals surface area contributed by atoms with Crippen LogP contribution in [-0.4, -0.2) is 37.6 Å². The molecular weight excluding hydrogens is 208 g/mol. The summed E-state index contributed by atoms with van der Waals surface area (Å²) in [5.74, 6) is 0.857. The van der Waals surface area contributed by atoms with Crippen molar-refractivity contribution >= 4 is 0 Å². The van der Waals surface area contributed by atoms with Gasteiger partial charge in [0.15, 0.2) is 0 Å². The number of nitrogens with one attached hydrogen (secondary N) is 1. The topological polar surface area (TPSA) is 15.3 Å². The van der Waals surface area contributed by atoms with E-state index in [2.05, 4.69) is 45.0 Å². The Labute approximate surface area is 107 Å². The molecule has 0 aromatic heterocycles. The van der Waals surface area contributed by atoms with E-state index < -0.39 is 0 Å². The Morgan fingerprint density at radius 2 is 1.71 bits per heavy atom. The molecule has 1 unspecified atom stereocenters. The first-order valence-corrected chi connectivity index (χ1v) is 7.27. The smallest absolute Gasteiger partial charge is 0.00798 e. The van der Waals surface area contributed by atoms with Crippen molar-refractivity contribution in [2.24, 2.45) is 16.7 Å². The molecule has 1 atom stereocenters. The summed E-state index contributed by atoms with van der Waals surface area (Å²) in [6, 6.07) is 0.757. The number of hydrogen-bond acceptors (Lipinski definition) is 2. The highest BCUT2D eigenvalue weighted by Crippen LogP contribution is 2.67. The highest BCUT2D eigenvalue weighted by Gasteiger charge is 2.63. The predicted octanol–water partition coefficient (Wildman–Crippen LogP) is 2.74. The number of hydrogen-bond donors (Lipinski definition) is 1. The summed E-state index contributed by atoms with van der Waals surface area (Å²) in [6.45, 7) is 13.4. The van der Waals surface area contributed by atoms with Crippen molar-refractivity contribution in [3.8, 4) is 0 Å². The quantitative estimate of drug-likeness (QED) is 0.813. The van der Waals surface area contributed by atoms with Crippen molar-refractivity contribution in [1.29, 1.82) is 0 Å². The SMILES string of the molecule is CN1CCCC(NCC2C(C)(C)C2(C)C)CC1. The number of likely N-dealkylation sites (tertiary alicyclic amines) is 1. The van der Waals surface area contributed by atoms with Gasteiger partial charge in [0.25, 0.3) is 0 Å². The second-order valence-electron chi connectivity index (χ2n) is 7.34. The van der Waals surface area contributed by atoms with Crippen molar-refractivity contribution in [2.45, 2.75) is 53.0 Å². The summed E-state index contributed by atoms with van der Waals surface area (Å²) in [6.07, 6.45) is 4.04. The monoisotopic (exact) mass is 238 g/mol. The van der Waals surface area contributed by atoms with E-state index in [-0.39, 0.29) is 0 Å². The molecule has 100 valence electrons. The lowest BCUT2D eigenvalue weighted by molar-refractivity contribution is 0.342. The molecule has 0 aromatic rings. The fourth-order valence-electron chi connectivity index (χ4n) is 3.57. The van der Waals surface area contributed by atoms with Crippen LogP contribution in [0.3, 0.4) is 0 Å². The predicted molar refractivity (Wildman–Crippen MR) is 74.2 cm³/mol. The van der Waals surface area contributed by atoms with E-state index in [0.29, 0.717) is 10.8 Å². The van der Waals surface area contributed by atoms with Crippen LogP contribution in [0.5, 0.6) is 0 Å². The average molecular weight is 238 g/mol. The Morgan fingerprint density at radius 1 is 1.06 bits per heavy atom. The van der Waals surface area contributed by atoms with Gasteiger partial charge < -0.3 is 10.2 Å². The van der Waals surface area contributed by atoms with Crippen molar-refractivity contribution in [1.82, 2.24) is 10.2 Å². The minimum absolute atomic E-state index is 0.529. The van der Waals surface area contributed by atoms with Crippen molar-refractivity contribution in [2.75, 3.05) is 26.7 Å². The zero-order chi connectivity index (χ0) is 12.7. The van der Waals surface area contributed by atoms with Crippen LogP contribution in [0, 0.1) is 16.7 Å². The lowest BCUT2D eigenvalue weighted by atomic mass is 10.0. The maximum absolute atomic E-state index is 3.83. The zero-order valence-electron chi connectivity index (χ0n) is 12.3. The molecule has 1 aliphatic heterocycles. The molecule has 2 fully saturated rings. The van der Waals surface area contributed by atoms with Crippen LogP contribution in [-0.2, 0) is 0 Å². The van der Waals surface area contributed by atoms with Gasteiger partial charge in [0.05, 0.1) is 0 Å². The Morgan fingerprint density at radius 3 is 2.29 bits per heavy atom. The summed E-state index contributed by atoms with van der Waals surface area (Å²) < 4.78 is 0.